The molecular formula is C12H12FN2. The monoisotopic (exact) mass is 203 g/mol. The second-order valence-electron chi connectivity index (χ2n) is 3.68. The lowest BCUT2D eigenvalue weighted by molar-refractivity contribution is 0.613. The van der Waals surface area contributed by atoms with E-state index in [1.807, 2.05) is 25.5 Å². The number of allylic oxidation sites excluding steroid dienone is 2. The molecule has 0 spiro atoms. The Morgan fingerprint density at radius 1 is 1.47 bits per heavy atom. The fraction of sp³-hybridized carbons (Fsp3) is 0.167. The summed E-state index contributed by atoms with van der Waals surface area (Å²) >= 11 is 0. The molecule has 0 N–H and O–H groups in total. The maximum Gasteiger partial charge on any atom is 0.142 e. The molecule has 77 valence electrons. The SMILES string of the molecule is CCc1cc2c(C3=C[CH]3)cc(F)cn2n1.[HH]. The Morgan fingerprint density at radius 2 is 2.27 bits per heavy atom. The predicted molar refractivity (Wildman–Crippen MR) is 58.9 cm³/mol. The van der Waals surface area contributed by atoms with E-state index in [2.05, 4.69) is 5.10 Å². The number of halogens is 1. The lowest BCUT2D eigenvalue weighted by atomic mass is 10.1. The minimum Gasteiger partial charge on any atom is -0.237 e. The van der Waals surface area contributed by atoms with Crippen LogP contribution < -0.4 is 0 Å². The molecule has 3 rings (SSSR count). The molecule has 0 atom stereocenters. The lowest BCUT2D eigenvalue weighted by Crippen LogP contribution is -1.92. The van der Waals surface area contributed by atoms with Gasteiger partial charge in [0.15, 0.2) is 0 Å². The van der Waals surface area contributed by atoms with Crippen molar-refractivity contribution in [2.45, 2.75) is 13.3 Å². The molecular weight excluding hydrogens is 191 g/mol. The molecule has 1 aliphatic carbocycles. The lowest BCUT2D eigenvalue weighted by Gasteiger charge is -1.99. The maximum atomic E-state index is 13.3. The minimum atomic E-state index is -0.246. The van der Waals surface area contributed by atoms with Crippen LogP contribution in [0, 0.1) is 12.2 Å². The van der Waals surface area contributed by atoms with Gasteiger partial charge in [-0.3, -0.25) is 0 Å². The number of pyridine rings is 1. The molecule has 0 fully saturated rings. The highest BCUT2D eigenvalue weighted by atomic mass is 19.1. The smallest absolute Gasteiger partial charge is 0.142 e. The number of aromatic nitrogens is 2. The summed E-state index contributed by atoms with van der Waals surface area (Å²) in [5, 5.41) is 4.30. The molecule has 15 heavy (non-hydrogen) atoms. The number of rotatable bonds is 2. The summed E-state index contributed by atoms with van der Waals surface area (Å²) in [7, 11) is 0. The van der Waals surface area contributed by atoms with Crippen molar-refractivity contribution in [3.63, 3.8) is 0 Å². The van der Waals surface area contributed by atoms with Crippen molar-refractivity contribution in [1.29, 1.82) is 0 Å². The first-order chi connectivity index (χ1) is 7.28. The molecule has 0 aliphatic heterocycles. The first-order valence-electron chi connectivity index (χ1n) is 5.01. The van der Waals surface area contributed by atoms with Gasteiger partial charge >= 0.3 is 0 Å². The highest BCUT2D eigenvalue weighted by Gasteiger charge is 2.16. The molecule has 2 heterocycles. The molecule has 1 aliphatic rings. The van der Waals surface area contributed by atoms with Crippen molar-refractivity contribution >= 4 is 11.1 Å². The first kappa shape index (κ1) is 8.65. The van der Waals surface area contributed by atoms with Gasteiger partial charge in [-0.1, -0.05) is 13.0 Å². The van der Waals surface area contributed by atoms with Crippen LogP contribution in [0.3, 0.4) is 0 Å². The fourth-order valence-corrected chi connectivity index (χ4v) is 1.74. The van der Waals surface area contributed by atoms with Crippen molar-refractivity contribution in [1.82, 2.24) is 9.61 Å². The van der Waals surface area contributed by atoms with Crippen LogP contribution in [-0.4, -0.2) is 9.61 Å². The van der Waals surface area contributed by atoms with Crippen LogP contribution in [-0.2, 0) is 6.42 Å². The van der Waals surface area contributed by atoms with Gasteiger partial charge in [0.2, 0.25) is 0 Å². The zero-order valence-electron chi connectivity index (χ0n) is 8.37. The van der Waals surface area contributed by atoms with Gasteiger partial charge < -0.3 is 0 Å². The zero-order chi connectivity index (χ0) is 10.4. The molecule has 0 amide bonds. The highest BCUT2D eigenvalue weighted by Crippen LogP contribution is 2.33. The van der Waals surface area contributed by atoms with E-state index < -0.39 is 0 Å². The van der Waals surface area contributed by atoms with Gasteiger partial charge in [-0.15, -0.1) is 0 Å². The van der Waals surface area contributed by atoms with Crippen molar-refractivity contribution in [3.05, 3.63) is 47.9 Å². The van der Waals surface area contributed by atoms with Crippen molar-refractivity contribution in [3.8, 4) is 0 Å². The van der Waals surface area contributed by atoms with Crippen LogP contribution in [0.5, 0.6) is 0 Å². The second kappa shape index (κ2) is 2.92. The summed E-state index contributed by atoms with van der Waals surface area (Å²) in [6.07, 6.45) is 6.24. The molecule has 0 aromatic carbocycles. The van der Waals surface area contributed by atoms with Gasteiger partial charge in [0.25, 0.3) is 0 Å². The third-order valence-electron chi connectivity index (χ3n) is 2.60. The third-order valence-corrected chi connectivity index (χ3v) is 2.60. The molecule has 2 nitrogen and oxygen atoms in total. The Hall–Kier alpha value is -1.64. The second-order valence-corrected chi connectivity index (χ2v) is 3.68. The van der Waals surface area contributed by atoms with Crippen molar-refractivity contribution in [2.24, 2.45) is 0 Å². The van der Waals surface area contributed by atoms with Crippen LogP contribution in [0.15, 0.2) is 24.4 Å². The van der Waals surface area contributed by atoms with Crippen molar-refractivity contribution < 1.29 is 5.82 Å². The van der Waals surface area contributed by atoms with Gasteiger partial charge in [0.05, 0.1) is 17.4 Å². The minimum absolute atomic E-state index is 0. The molecule has 0 bridgehead atoms. The van der Waals surface area contributed by atoms with E-state index in [1.54, 1.807) is 10.6 Å². The molecule has 0 unspecified atom stereocenters. The summed E-state index contributed by atoms with van der Waals surface area (Å²) < 4.78 is 14.9. The molecule has 2 aromatic heterocycles. The van der Waals surface area contributed by atoms with Crippen LogP contribution in [0.25, 0.3) is 11.1 Å². The van der Waals surface area contributed by atoms with E-state index >= 15 is 0 Å². The number of hydrogen-bond donors (Lipinski definition) is 0. The number of aryl methyl sites for hydroxylation is 1. The Morgan fingerprint density at radius 3 is 2.93 bits per heavy atom. The summed E-state index contributed by atoms with van der Waals surface area (Å²) in [5.74, 6) is -0.246. The summed E-state index contributed by atoms with van der Waals surface area (Å²) in [4.78, 5) is 0. The van der Waals surface area contributed by atoms with E-state index in [0.717, 1.165) is 28.8 Å². The van der Waals surface area contributed by atoms with E-state index in [0.29, 0.717) is 0 Å². The quantitative estimate of drug-likeness (QED) is 0.733. The standard InChI is InChI=1S/C12H10FN2.H2/c1-2-10-6-12-11(8-3-4-8)5-9(13)7-15(12)14-10;/h3-7H,2H2,1H3;1H. The van der Waals surface area contributed by atoms with E-state index in [-0.39, 0.29) is 7.24 Å². The average Bonchev–Trinajstić information content (AvgIpc) is 2.97. The van der Waals surface area contributed by atoms with Crippen LogP contribution in [0.2, 0.25) is 0 Å². The first-order valence-corrected chi connectivity index (χ1v) is 5.01. The normalized spacial score (nSPS) is 14.4. The van der Waals surface area contributed by atoms with Gasteiger partial charge in [-0.2, -0.15) is 5.10 Å². The third kappa shape index (κ3) is 1.35. The topological polar surface area (TPSA) is 17.3 Å². The number of fused-ring (bicyclic) bond motifs is 1. The van der Waals surface area contributed by atoms with Gasteiger partial charge in [-0.05, 0) is 24.1 Å². The Kier molecular flexibility index (Phi) is 1.69. The van der Waals surface area contributed by atoms with E-state index in [9.17, 15) is 4.39 Å². The Balaban J connectivity index is 0.000000963. The van der Waals surface area contributed by atoms with Crippen LogP contribution in [0.4, 0.5) is 4.39 Å². The van der Waals surface area contributed by atoms with Crippen LogP contribution in [0.1, 0.15) is 19.6 Å². The number of hydrogen-bond acceptors (Lipinski definition) is 1. The van der Waals surface area contributed by atoms with Gasteiger partial charge in [0.1, 0.15) is 5.82 Å². The molecule has 3 heteroatoms. The summed E-state index contributed by atoms with van der Waals surface area (Å²) in [6, 6.07) is 3.58. The molecule has 2 aromatic rings. The molecule has 0 saturated carbocycles. The molecule has 1 radical (unpaired) electrons. The summed E-state index contributed by atoms with van der Waals surface area (Å²) in [5.41, 5.74) is 4.00. The number of nitrogens with zero attached hydrogens (tertiary/aromatic N) is 2. The Labute approximate surface area is 88.5 Å². The van der Waals surface area contributed by atoms with Crippen molar-refractivity contribution in [2.75, 3.05) is 0 Å². The molecule has 0 saturated heterocycles. The zero-order valence-corrected chi connectivity index (χ0v) is 8.37. The van der Waals surface area contributed by atoms with Crippen LogP contribution >= 0.6 is 0 Å². The average molecular weight is 203 g/mol. The predicted octanol–water partition coefficient (Wildman–Crippen LogP) is 2.88. The largest absolute Gasteiger partial charge is 0.237 e. The Bertz CT molecular complexity index is 572. The summed E-state index contributed by atoms with van der Waals surface area (Å²) in [6.45, 7) is 2.04. The van der Waals surface area contributed by atoms with Gasteiger partial charge in [0, 0.05) is 13.4 Å². The van der Waals surface area contributed by atoms with Gasteiger partial charge in [-0.25, -0.2) is 8.91 Å². The van der Waals surface area contributed by atoms with E-state index in [4.69, 9.17) is 0 Å². The highest BCUT2D eigenvalue weighted by molar-refractivity contribution is 5.93. The fourth-order valence-electron chi connectivity index (χ4n) is 1.74. The maximum absolute atomic E-state index is 13.3. The van der Waals surface area contributed by atoms with E-state index in [1.165, 1.54) is 6.20 Å².